The Kier molecular flexibility index (Phi) is 10.4. The largest absolute Gasteiger partial charge is 0.507 e. The Morgan fingerprint density at radius 2 is 1.80 bits per heavy atom. The number of thioether (sulfide) groups is 1. The molecular weight excluding hydrogens is 618 g/mol. The third kappa shape index (κ3) is 6.97. The predicted octanol–water partition coefficient (Wildman–Crippen LogP) is 7.18. The van der Waals surface area contributed by atoms with E-state index in [1.54, 1.807) is 60.7 Å². The van der Waals surface area contributed by atoms with E-state index in [4.69, 9.17) is 14.2 Å². The number of carbonyl (C=O) groups is 2. The van der Waals surface area contributed by atoms with Crippen molar-refractivity contribution < 1.29 is 33.3 Å². The number of aliphatic hydroxyl groups excluding tert-OH is 1. The molecular formula is C33H32FN3O6S2. The summed E-state index contributed by atoms with van der Waals surface area (Å²) in [5.74, 6) is -0.591. The number of hydrogen-bond acceptors (Lipinski definition) is 10. The van der Waals surface area contributed by atoms with Gasteiger partial charge in [0.15, 0.2) is 15.8 Å². The lowest BCUT2D eigenvalue weighted by molar-refractivity contribution is -0.132. The average molecular weight is 650 g/mol. The predicted molar refractivity (Wildman–Crippen MR) is 172 cm³/mol. The lowest BCUT2D eigenvalue weighted by Gasteiger charge is -2.23. The van der Waals surface area contributed by atoms with Crippen LogP contribution in [0.4, 0.5) is 9.52 Å². The van der Waals surface area contributed by atoms with Crippen molar-refractivity contribution in [3.8, 4) is 17.2 Å². The summed E-state index contributed by atoms with van der Waals surface area (Å²) < 4.78 is 31.6. The van der Waals surface area contributed by atoms with Crippen LogP contribution < -0.4 is 19.1 Å². The van der Waals surface area contributed by atoms with Gasteiger partial charge in [0.05, 0.1) is 31.9 Å². The molecule has 2 heterocycles. The fourth-order valence-electron chi connectivity index (χ4n) is 4.79. The Balaban J connectivity index is 1.54. The first-order valence-corrected chi connectivity index (χ1v) is 16.2. The number of Topliss-reactive ketones (excluding diaryl/α,β-unsaturated/α-hetero) is 1. The van der Waals surface area contributed by atoms with Crippen molar-refractivity contribution in [3.63, 3.8) is 0 Å². The van der Waals surface area contributed by atoms with Crippen LogP contribution in [0.1, 0.15) is 49.4 Å². The molecule has 0 spiro atoms. The molecule has 5 rings (SSSR count). The van der Waals surface area contributed by atoms with E-state index in [1.165, 1.54) is 29.8 Å². The zero-order valence-electron chi connectivity index (χ0n) is 25.0. The fraction of sp³-hybridized carbons (Fsp3) is 0.273. The molecule has 12 heteroatoms. The van der Waals surface area contributed by atoms with Crippen LogP contribution in [0.5, 0.6) is 17.2 Å². The normalized spacial score (nSPS) is 15.8. The number of anilines is 1. The van der Waals surface area contributed by atoms with E-state index in [1.807, 2.05) is 6.92 Å². The topological polar surface area (TPSA) is 111 Å². The second-order valence-corrected chi connectivity index (χ2v) is 12.1. The van der Waals surface area contributed by atoms with Crippen LogP contribution in [0.15, 0.2) is 76.6 Å². The summed E-state index contributed by atoms with van der Waals surface area (Å²) in [7, 11) is 1.49. The third-order valence-electron chi connectivity index (χ3n) is 7.05. The molecule has 9 nitrogen and oxygen atoms in total. The maximum atomic E-state index is 14.2. The highest BCUT2D eigenvalue weighted by molar-refractivity contribution is 8.00. The van der Waals surface area contributed by atoms with Gasteiger partial charge in [-0.3, -0.25) is 14.5 Å². The number of aromatic nitrogens is 2. The van der Waals surface area contributed by atoms with Crippen molar-refractivity contribution in [2.45, 2.75) is 42.8 Å². The zero-order chi connectivity index (χ0) is 31.9. The molecule has 1 N–H and O–H groups in total. The molecule has 1 fully saturated rings. The molecule has 0 aliphatic carbocycles. The number of hydrogen-bond donors (Lipinski definition) is 1. The Bertz CT molecular complexity index is 1710. The van der Waals surface area contributed by atoms with E-state index in [0.717, 1.165) is 24.2 Å². The lowest BCUT2D eigenvalue weighted by Crippen LogP contribution is -2.29. The molecule has 234 valence electrons. The van der Waals surface area contributed by atoms with Gasteiger partial charge in [-0.1, -0.05) is 60.7 Å². The minimum Gasteiger partial charge on any atom is -0.507 e. The zero-order valence-corrected chi connectivity index (χ0v) is 26.6. The second kappa shape index (κ2) is 14.6. The Hall–Kier alpha value is -4.42. The van der Waals surface area contributed by atoms with Crippen LogP contribution in [-0.2, 0) is 15.3 Å². The van der Waals surface area contributed by atoms with Gasteiger partial charge in [-0.25, -0.2) is 4.39 Å². The number of nitrogens with zero attached hydrogens (tertiary/aromatic N) is 3. The van der Waals surface area contributed by atoms with Crippen molar-refractivity contribution in [3.05, 3.63) is 94.8 Å². The lowest BCUT2D eigenvalue weighted by atomic mass is 9.95. The van der Waals surface area contributed by atoms with Crippen molar-refractivity contribution in [1.29, 1.82) is 0 Å². The SMILES string of the molecule is CCCCOc1ccc(C(O)=C2C(=O)C(=O)N(c3nnc(SCc4ccccc4F)s3)[C@H]2c2ccc(OCC)c(OC)c2)cc1. The van der Waals surface area contributed by atoms with Crippen LogP contribution >= 0.6 is 23.1 Å². The Morgan fingerprint density at radius 3 is 2.51 bits per heavy atom. The van der Waals surface area contributed by atoms with Crippen LogP contribution in [0.2, 0.25) is 0 Å². The standard InChI is InChI=1S/C33H32FN3O6S2/c1-4-6-17-43-23-14-11-20(12-15-23)29(38)27-28(21-13-16-25(42-5-2)26(18-21)41-3)37(31(40)30(27)39)32-35-36-33(45-32)44-19-22-9-7-8-10-24(22)34/h7-16,18,28,38H,4-6,17,19H2,1-3H3/t28-/m0/s1. The van der Waals surface area contributed by atoms with Gasteiger partial charge < -0.3 is 19.3 Å². The van der Waals surface area contributed by atoms with Gasteiger partial charge >= 0.3 is 5.91 Å². The van der Waals surface area contributed by atoms with Gasteiger partial charge in [0.2, 0.25) is 5.13 Å². The van der Waals surface area contributed by atoms with E-state index in [0.29, 0.717) is 57.2 Å². The smallest absolute Gasteiger partial charge is 0.301 e. The summed E-state index contributed by atoms with van der Waals surface area (Å²) in [6.07, 6.45) is 1.90. The van der Waals surface area contributed by atoms with E-state index in [9.17, 15) is 19.1 Å². The molecule has 0 bridgehead atoms. The first-order chi connectivity index (χ1) is 21.9. The molecule has 45 heavy (non-hydrogen) atoms. The highest BCUT2D eigenvalue weighted by Crippen LogP contribution is 2.45. The van der Waals surface area contributed by atoms with Crippen molar-refractivity contribution in [2.75, 3.05) is 25.2 Å². The number of ether oxygens (including phenoxy) is 3. The minimum atomic E-state index is -1.05. The number of halogens is 1. The molecule has 1 amide bonds. The van der Waals surface area contributed by atoms with Gasteiger partial charge in [0, 0.05) is 11.3 Å². The van der Waals surface area contributed by atoms with Crippen molar-refractivity contribution in [1.82, 2.24) is 10.2 Å². The summed E-state index contributed by atoms with van der Waals surface area (Å²) in [6, 6.07) is 17.2. The van der Waals surface area contributed by atoms with Crippen LogP contribution in [-0.4, -0.2) is 47.3 Å². The van der Waals surface area contributed by atoms with Crippen molar-refractivity contribution >= 4 is 45.7 Å². The second-order valence-electron chi connectivity index (χ2n) is 9.97. The number of carbonyl (C=O) groups excluding carboxylic acids is 2. The van der Waals surface area contributed by atoms with Gasteiger partial charge in [-0.2, -0.15) is 0 Å². The van der Waals surface area contributed by atoms with Gasteiger partial charge in [-0.05, 0) is 66.9 Å². The fourth-order valence-corrected chi connectivity index (χ4v) is 6.64. The summed E-state index contributed by atoms with van der Waals surface area (Å²) in [4.78, 5) is 28.5. The number of ketones is 1. The number of methoxy groups -OCH3 is 1. The molecule has 1 atom stereocenters. The van der Waals surface area contributed by atoms with Crippen LogP contribution in [0.3, 0.4) is 0 Å². The first-order valence-electron chi connectivity index (χ1n) is 14.4. The molecule has 4 aromatic rings. The van der Waals surface area contributed by atoms with Crippen LogP contribution in [0, 0.1) is 5.82 Å². The van der Waals surface area contributed by atoms with E-state index < -0.39 is 17.7 Å². The van der Waals surface area contributed by atoms with Gasteiger partial charge in [-0.15, -0.1) is 10.2 Å². The quantitative estimate of drug-likeness (QED) is 0.0402. The molecule has 0 unspecified atom stereocenters. The number of amides is 1. The summed E-state index contributed by atoms with van der Waals surface area (Å²) in [5.41, 5.74) is 1.23. The number of unbranched alkanes of at least 4 members (excludes halogenated alkanes) is 1. The van der Waals surface area contributed by atoms with Crippen molar-refractivity contribution in [2.24, 2.45) is 0 Å². The summed E-state index contributed by atoms with van der Waals surface area (Å²) in [5, 5.41) is 20.1. The van der Waals surface area contributed by atoms with E-state index in [-0.39, 0.29) is 22.3 Å². The molecule has 0 saturated carbocycles. The molecule has 1 aromatic heterocycles. The number of benzene rings is 3. The molecule has 1 aliphatic heterocycles. The molecule has 1 aliphatic rings. The van der Waals surface area contributed by atoms with E-state index in [2.05, 4.69) is 17.1 Å². The molecule has 1 saturated heterocycles. The first kappa shape index (κ1) is 32.0. The number of aliphatic hydroxyl groups is 1. The minimum absolute atomic E-state index is 0.110. The molecule has 0 radical (unpaired) electrons. The summed E-state index contributed by atoms with van der Waals surface area (Å²) in [6.45, 7) is 4.89. The van der Waals surface area contributed by atoms with E-state index >= 15 is 0 Å². The third-order valence-corrected chi connectivity index (χ3v) is 9.16. The molecule has 3 aromatic carbocycles. The highest BCUT2D eigenvalue weighted by Gasteiger charge is 2.48. The highest BCUT2D eigenvalue weighted by atomic mass is 32.2. The average Bonchev–Trinajstić information content (AvgIpc) is 3.62. The number of rotatable bonds is 13. The maximum absolute atomic E-state index is 14.2. The van der Waals surface area contributed by atoms with Gasteiger partial charge in [0.25, 0.3) is 5.78 Å². The Labute approximate surface area is 268 Å². The maximum Gasteiger partial charge on any atom is 0.301 e. The monoisotopic (exact) mass is 649 g/mol. The summed E-state index contributed by atoms with van der Waals surface area (Å²) >= 11 is 2.36. The van der Waals surface area contributed by atoms with Gasteiger partial charge in [0.1, 0.15) is 17.3 Å². The Morgan fingerprint density at radius 1 is 1.02 bits per heavy atom. The van der Waals surface area contributed by atoms with Crippen LogP contribution in [0.25, 0.3) is 5.76 Å².